The van der Waals surface area contributed by atoms with Crippen LogP contribution in [0.1, 0.15) is 31.4 Å². The number of aromatic hydroxyl groups is 2. The van der Waals surface area contributed by atoms with Crippen LogP contribution in [-0.2, 0) is 16.0 Å². The molecule has 3 rings (SSSR count). The quantitative estimate of drug-likeness (QED) is 0.775. The Kier molecular flexibility index (Phi) is 5.12. The minimum Gasteiger partial charge on any atom is -0.508 e. The van der Waals surface area contributed by atoms with Crippen LogP contribution in [0.25, 0.3) is 6.08 Å². The Bertz CT molecular complexity index is 856. The molecule has 0 atom stereocenters. The van der Waals surface area contributed by atoms with Crippen LogP contribution < -0.4 is 0 Å². The summed E-state index contributed by atoms with van der Waals surface area (Å²) in [4.78, 5) is 12.5. The molecule has 0 saturated heterocycles. The van der Waals surface area contributed by atoms with E-state index >= 15 is 0 Å². The van der Waals surface area contributed by atoms with E-state index in [-0.39, 0.29) is 17.5 Å². The molecule has 2 N–H and O–H groups in total. The number of phenolic OH excluding ortho intramolecular Hbond substituents is 2. The summed E-state index contributed by atoms with van der Waals surface area (Å²) in [6, 6.07) is 13.6. The number of rotatable bonds is 5. The third kappa shape index (κ3) is 4.14. The zero-order chi connectivity index (χ0) is 18.7. The van der Waals surface area contributed by atoms with Gasteiger partial charge in [-0.3, -0.25) is 0 Å². The largest absolute Gasteiger partial charge is 0.508 e. The summed E-state index contributed by atoms with van der Waals surface area (Å²) in [6.45, 7) is 4.21. The Morgan fingerprint density at radius 1 is 0.923 bits per heavy atom. The molecule has 0 aromatic heterocycles. The number of hydrogen-bond acceptors (Lipinski definition) is 4. The lowest BCUT2D eigenvalue weighted by Gasteiger charge is -2.09. The molecule has 0 amide bonds. The van der Waals surface area contributed by atoms with Crippen LogP contribution >= 0.6 is 0 Å². The van der Waals surface area contributed by atoms with Crippen molar-refractivity contribution in [3.05, 3.63) is 76.6 Å². The van der Waals surface area contributed by atoms with Crippen LogP contribution in [0.5, 0.6) is 11.5 Å². The Balaban J connectivity index is 1.97. The molecule has 4 nitrogen and oxygen atoms in total. The second-order valence-electron chi connectivity index (χ2n) is 6.89. The number of carbonyl (C=O) groups is 1. The number of benzene rings is 2. The highest BCUT2D eigenvalue weighted by atomic mass is 16.5. The van der Waals surface area contributed by atoms with E-state index in [9.17, 15) is 15.0 Å². The molecule has 2 aromatic rings. The second kappa shape index (κ2) is 7.48. The number of cyclic esters (lactones) is 1. The van der Waals surface area contributed by atoms with Gasteiger partial charge in [0.1, 0.15) is 17.3 Å². The molecule has 0 bridgehead atoms. The van der Waals surface area contributed by atoms with Gasteiger partial charge in [0.25, 0.3) is 0 Å². The van der Waals surface area contributed by atoms with E-state index < -0.39 is 0 Å². The van der Waals surface area contributed by atoms with Gasteiger partial charge in [-0.15, -0.1) is 0 Å². The van der Waals surface area contributed by atoms with Crippen molar-refractivity contribution in [1.82, 2.24) is 0 Å². The van der Waals surface area contributed by atoms with Crippen LogP contribution in [0, 0.1) is 5.92 Å². The Morgan fingerprint density at radius 2 is 1.50 bits per heavy atom. The molecule has 134 valence electrons. The molecule has 1 aliphatic heterocycles. The predicted molar refractivity (Wildman–Crippen MR) is 100 cm³/mol. The zero-order valence-corrected chi connectivity index (χ0v) is 14.9. The van der Waals surface area contributed by atoms with Crippen LogP contribution in [-0.4, -0.2) is 16.2 Å². The van der Waals surface area contributed by atoms with Gasteiger partial charge in [0.2, 0.25) is 0 Å². The van der Waals surface area contributed by atoms with E-state index in [1.54, 1.807) is 36.4 Å². The highest BCUT2D eigenvalue weighted by molar-refractivity contribution is 5.96. The summed E-state index contributed by atoms with van der Waals surface area (Å²) in [6.07, 6.45) is 3.04. The molecular weight excluding hydrogens is 328 g/mol. The third-order valence-corrected chi connectivity index (χ3v) is 4.23. The van der Waals surface area contributed by atoms with Crippen LogP contribution in [0.3, 0.4) is 0 Å². The molecule has 0 saturated carbocycles. The van der Waals surface area contributed by atoms with Gasteiger partial charge in [-0.1, -0.05) is 38.1 Å². The minimum atomic E-state index is -0.321. The summed E-state index contributed by atoms with van der Waals surface area (Å²) in [7, 11) is 0. The lowest BCUT2D eigenvalue weighted by Crippen LogP contribution is -2.03. The molecule has 4 heteroatoms. The van der Waals surface area contributed by atoms with Crippen molar-refractivity contribution in [2.75, 3.05) is 0 Å². The van der Waals surface area contributed by atoms with Gasteiger partial charge < -0.3 is 14.9 Å². The Hall–Kier alpha value is -3.01. The van der Waals surface area contributed by atoms with E-state index in [4.69, 9.17) is 4.74 Å². The predicted octanol–water partition coefficient (Wildman–Crippen LogP) is 4.58. The van der Waals surface area contributed by atoms with Gasteiger partial charge in [-0.05, 0) is 53.8 Å². The fourth-order valence-corrected chi connectivity index (χ4v) is 2.96. The smallest absolute Gasteiger partial charge is 0.340 e. The first-order chi connectivity index (χ1) is 12.4. The summed E-state index contributed by atoms with van der Waals surface area (Å²) in [5.41, 5.74) is 3.39. The molecule has 0 unspecified atom stereocenters. The topological polar surface area (TPSA) is 66.8 Å². The maximum Gasteiger partial charge on any atom is 0.340 e. The molecule has 0 radical (unpaired) electrons. The number of phenols is 2. The average molecular weight is 350 g/mol. The molecule has 1 aliphatic rings. The highest BCUT2D eigenvalue weighted by Gasteiger charge is 2.30. The number of allylic oxidation sites excluding steroid dienone is 1. The first kappa shape index (κ1) is 17.8. The Morgan fingerprint density at radius 3 is 2.08 bits per heavy atom. The van der Waals surface area contributed by atoms with E-state index in [0.29, 0.717) is 23.7 Å². The molecule has 0 spiro atoms. The summed E-state index contributed by atoms with van der Waals surface area (Å²) >= 11 is 0. The van der Waals surface area contributed by atoms with Crippen LogP contribution in [0.4, 0.5) is 0 Å². The van der Waals surface area contributed by atoms with Crippen LogP contribution in [0.15, 0.2) is 65.4 Å². The van der Waals surface area contributed by atoms with Gasteiger partial charge in [-0.25, -0.2) is 4.79 Å². The SMILES string of the molecule is CC(C)CC1=C(Cc2ccc(O)cc2)C(=O)O/C1=C\c1ccc(O)cc1. The molecule has 2 aromatic carbocycles. The summed E-state index contributed by atoms with van der Waals surface area (Å²) in [5, 5.41) is 18.9. The van der Waals surface area contributed by atoms with Gasteiger partial charge in [-0.2, -0.15) is 0 Å². The van der Waals surface area contributed by atoms with Gasteiger partial charge >= 0.3 is 5.97 Å². The highest BCUT2D eigenvalue weighted by Crippen LogP contribution is 2.34. The van der Waals surface area contributed by atoms with Crippen molar-refractivity contribution < 1.29 is 19.7 Å². The molecule has 0 aliphatic carbocycles. The fraction of sp³-hybridized carbons (Fsp3) is 0.227. The number of hydrogen-bond donors (Lipinski definition) is 2. The molecule has 0 fully saturated rings. The van der Waals surface area contributed by atoms with Crippen molar-refractivity contribution in [3.63, 3.8) is 0 Å². The number of esters is 1. The van der Waals surface area contributed by atoms with E-state index in [1.165, 1.54) is 0 Å². The van der Waals surface area contributed by atoms with E-state index in [0.717, 1.165) is 23.1 Å². The summed E-state index contributed by atoms with van der Waals surface area (Å²) in [5.74, 6) is 1.02. The van der Waals surface area contributed by atoms with E-state index in [1.807, 2.05) is 18.2 Å². The zero-order valence-electron chi connectivity index (χ0n) is 14.9. The van der Waals surface area contributed by atoms with Gasteiger partial charge in [0, 0.05) is 17.6 Å². The maximum absolute atomic E-state index is 12.5. The van der Waals surface area contributed by atoms with Crippen molar-refractivity contribution in [2.45, 2.75) is 26.7 Å². The lowest BCUT2D eigenvalue weighted by molar-refractivity contribution is -0.133. The van der Waals surface area contributed by atoms with Crippen molar-refractivity contribution in [1.29, 1.82) is 0 Å². The normalized spacial score (nSPS) is 15.8. The second-order valence-corrected chi connectivity index (χ2v) is 6.89. The monoisotopic (exact) mass is 350 g/mol. The summed E-state index contributed by atoms with van der Waals surface area (Å²) < 4.78 is 5.55. The lowest BCUT2D eigenvalue weighted by atomic mass is 9.93. The Labute approximate surface area is 153 Å². The molecule has 26 heavy (non-hydrogen) atoms. The van der Waals surface area contributed by atoms with Crippen molar-refractivity contribution in [3.8, 4) is 11.5 Å². The van der Waals surface area contributed by atoms with E-state index in [2.05, 4.69) is 13.8 Å². The average Bonchev–Trinajstić information content (AvgIpc) is 2.87. The number of carbonyl (C=O) groups excluding carboxylic acids is 1. The van der Waals surface area contributed by atoms with Crippen molar-refractivity contribution in [2.24, 2.45) is 5.92 Å². The first-order valence-corrected chi connectivity index (χ1v) is 8.65. The maximum atomic E-state index is 12.5. The van der Waals surface area contributed by atoms with Gasteiger partial charge in [0.15, 0.2) is 0 Å². The van der Waals surface area contributed by atoms with Crippen molar-refractivity contribution >= 4 is 12.0 Å². The third-order valence-electron chi connectivity index (χ3n) is 4.23. The van der Waals surface area contributed by atoms with Crippen LogP contribution in [0.2, 0.25) is 0 Å². The first-order valence-electron chi connectivity index (χ1n) is 8.65. The molecule has 1 heterocycles. The standard InChI is InChI=1S/C22H22O4/c1-14(2)11-19-20(12-15-3-7-17(23)8-4-15)22(25)26-21(19)13-16-5-9-18(24)10-6-16/h3-10,13-14,23-24H,11-12H2,1-2H3/b21-13-. The molecular formula is C22H22O4. The fourth-order valence-electron chi connectivity index (χ4n) is 2.96. The van der Waals surface area contributed by atoms with Gasteiger partial charge in [0.05, 0.1) is 0 Å². The number of ether oxygens (including phenoxy) is 1. The minimum absolute atomic E-state index is 0.196.